The zero-order chi connectivity index (χ0) is 19.2. The maximum atomic E-state index is 5.55. The first-order valence-corrected chi connectivity index (χ1v) is 10.3. The predicted molar refractivity (Wildman–Crippen MR) is 112 cm³/mol. The van der Waals surface area contributed by atoms with E-state index in [0.717, 1.165) is 45.4 Å². The van der Waals surface area contributed by atoms with Crippen LogP contribution >= 0.6 is 11.3 Å². The van der Waals surface area contributed by atoms with Gasteiger partial charge in [-0.25, -0.2) is 0 Å². The molecule has 0 spiro atoms. The van der Waals surface area contributed by atoms with Gasteiger partial charge in [0.25, 0.3) is 0 Å². The molecule has 7 heteroatoms. The molecule has 1 aliphatic heterocycles. The van der Waals surface area contributed by atoms with Crippen molar-refractivity contribution in [1.29, 1.82) is 0 Å². The Morgan fingerprint density at radius 1 is 1.33 bits per heavy atom. The van der Waals surface area contributed by atoms with E-state index in [4.69, 9.17) is 4.74 Å². The SMILES string of the molecule is CN=C(NCC(c1ccc(C)s1)N1CCOCC1)N(C)Cc1cccn1C. The molecule has 3 rings (SSSR count). The summed E-state index contributed by atoms with van der Waals surface area (Å²) in [5.74, 6) is 0.919. The molecule has 1 saturated heterocycles. The Kier molecular flexibility index (Phi) is 6.93. The average molecular weight is 390 g/mol. The van der Waals surface area contributed by atoms with Crippen molar-refractivity contribution in [1.82, 2.24) is 19.7 Å². The summed E-state index contributed by atoms with van der Waals surface area (Å²) < 4.78 is 7.70. The highest BCUT2D eigenvalue weighted by atomic mass is 32.1. The van der Waals surface area contributed by atoms with Crippen LogP contribution in [0.3, 0.4) is 0 Å². The second-order valence-electron chi connectivity index (χ2n) is 7.01. The monoisotopic (exact) mass is 389 g/mol. The number of aromatic nitrogens is 1. The van der Waals surface area contributed by atoms with E-state index in [1.807, 2.05) is 18.4 Å². The van der Waals surface area contributed by atoms with E-state index in [9.17, 15) is 0 Å². The van der Waals surface area contributed by atoms with Crippen LogP contribution < -0.4 is 5.32 Å². The second-order valence-corrected chi connectivity index (χ2v) is 8.33. The van der Waals surface area contributed by atoms with Crippen LogP contribution in [0.5, 0.6) is 0 Å². The van der Waals surface area contributed by atoms with E-state index in [1.54, 1.807) is 0 Å². The molecule has 6 nitrogen and oxygen atoms in total. The van der Waals surface area contributed by atoms with Crippen LogP contribution in [0, 0.1) is 6.92 Å². The zero-order valence-electron chi connectivity index (χ0n) is 16.8. The van der Waals surface area contributed by atoms with Crippen LogP contribution in [0.15, 0.2) is 35.5 Å². The molecular weight excluding hydrogens is 358 g/mol. The number of morpholine rings is 1. The van der Waals surface area contributed by atoms with Gasteiger partial charge in [0.15, 0.2) is 5.96 Å². The lowest BCUT2D eigenvalue weighted by molar-refractivity contribution is 0.0176. The summed E-state index contributed by atoms with van der Waals surface area (Å²) in [4.78, 5) is 11.9. The van der Waals surface area contributed by atoms with Crippen molar-refractivity contribution < 1.29 is 4.74 Å². The molecule has 0 bridgehead atoms. The Balaban J connectivity index is 1.66. The van der Waals surface area contributed by atoms with E-state index in [-0.39, 0.29) is 0 Å². The summed E-state index contributed by atoms with van der Waals surface area (Å²) in [7, 11) is 6.01. The van der Waals surface area contributed by atoms with Gasteiger partial charge in [-0.05, 0) is 31.2 Å². The molecule has 0 radical (unpaired) electrons. The Morgan fingerprint density at radius 3 is 2.70 bits per heavy atom. The Bertz CT molecular complexity index is 747. The number of thiophene rings is 1. The fourth-order valence-electron chi connectivity index (χ4n) is 3.48. The summed E-state index contributed by atoms with van der Waals surface area (Å²) >= 11 is 1.88. The minimum Gasteiger partial charge on any atom is -0.379 e. The average Bonchev–Trinajstić information content (AvgIpc) is 3.28. The third-order valence-corrected chi connectivity index (χ3v) is 6.16. The van der Waals surface area contributed by atoms with Crippen LogP contribution in [-0.4, -0.2) is 67.3 Å². The van der Waals surface area contributed by atoms with Gasteiger partial charge in [-0.3, -0.25) is 9.89 Å². The summed E-state index contributed by atoms with van der Waals surface area (Å²) in [5, 5.41) is 3.60. The summed E-state index contributed by atoms with van der Waals surface area (Å²) in [6.45, 7) is 7.40. The summed E-state index contributed by atoms with van der Waals surface area (Å²) in [5.41, 5.74) is 1.26. The fourth-order valence-corrected chi connectivity index (χ4v) is 4.50. The van der Waals surface area contributed by atoms with E-state index in [0.29, 0.717) is 6.04 Å². The van der Waals surface area contributed by atoms with Gasteiger partial charge in [0.05, 0.1) is 25.8 Å². The molecule has 1 N–H and O–H groups in total. The number of hydrogen-bond acceptors (Lipinski definition) is 4. The molecule has 1 fully saturated rings. The fraction of sp³-hybridized carbons (Fsp3) is 0.550. The molecule has 148 valence electrons. The maximum Gasteiger partial charge on any atom is 0.193 e. The Hall–Kier alpha value is -1.83. The Morgan fingerprint density at radius 2 is 2.11 bits per heavy atom. The van der Waals surface area contributed by atoms with E-state index >= 15 is 0 Å². The minimum absolute atomic E-state index is 0.341. The number of nitrogens with one attached hydrogen (secondary N) is 1. The highest BCUT2D eigenvalue weighted by molar-refractivity contribution is 7.12. The summed E-state index contributed by atoms with van der Waals surface area (Å²) in [6, 6.07) is 9.04. The van der Waals surface area contributed by atoms with Gasteiger partial charge in [0.2, 0.25) is 0 Å². The van der Waals surface area contributed by atoms with Crippen molar-refractivity contribution in [2.75, 3.05) is 46.9 Å². The van der Waals surface area contributed by atoms with Crippen LogP contribution in [0.25, 0.3) is 0 Å². The molecule has 1 aliphatic rings. The number of aryl methyl sites for hydroxylation is 2. The van der Waals surface area contributed by atoms with Crippen molar-refractivity contribution in [3.05, 3.63) is 45.9 Å². The first-order chi connectivity index (χ1) is 13.1. The highest BCUT2D eigenvalue weighted by Crippen LogP contribution is 2.28. The first kappa shape index (κ1) is 19.9. The highest BCUT2D eigenvalue weighted by Gasteiger charge is 2.24. The number of hydrogen-bond donors (Lipinski definition) is 1. The molecule has 1 unspecified atom stereocenters. The predicted octanol–water partition coefficient (Wildman–Crippen LogP) is 2.48. The van der Waals surface area contributed by atoms with Crippen molar-refractivity contribution in [3.63, 3.8) is 0 Å². The third-order valence-electron chi connectivity index (χ3n) is 5.05. The molecule has 0 aromatic carbocycles. The zero-order valence-corrected chi connectivity index (χ0v) is 17.6. The smallest absolute Gasteiger partial charge is 0.193 e. The number of aliphatic imine (C=N–C) groups is 1. The topological polar surface area (TPSA) is 45.0 Å². The quantitative estimate of drug-likeness (QED) is 0.609. The molecule has 0 saturated carbocycles. The lowest BCUT2D eigenvalue weighted by Crippen LogP contribution is -2.46. The van der Waals surface area contributed by atoms with Crippen molar-refractivity contribution in [3.8, 4) is 0 Å². The van der Waals surface area contributed by atoms with E-state index in [2.05, 4.69) is 76.2 Å². The lowest BCUT2D eigenvalue weighted by atomic mass is 10.2. The van der Waals surface area contributed by atoms with Crippen molar-refractivity contribution in [2.45, 2.75) is 19.5 Å². The number of guanidine groups is 1. The lowest BCUT2D eigenvalue weighted by Gasteiger charge is -2.35. The van der Waals surface area contributed by atoms with Gasteiger partial charge in [0, 0.05) is 62.4 Å². The van der Waals surface area contributed by atoms with Crippen molar-refractivity contribution >= 4 is 17.3 Å². The van der Waals surface area contributed by atoms with E-state index < -0.39 is 0 Å². The van der Waals surface area contributed by atoms with E-state index in [1.165, 1.54) is 15.4 Å². The number of ether oxygens (including phenoxy) is 1. The van der Waals surface area contributed by atoms with Crippen molar-refractivity contribution in [2.24, 2.45) is 12.0 Å². The van der Waals surface area contributed by atoms with Crippen LogP contribution in [0.2, 0.25) is 0 Å². The summed E-state index contributed by atoms with van der Waals surface area (Å²) in [6.07, 6.45) is 2.08. The van der Waals surface area contributed by atoms with Crippen LogP contribution in [0.4, 0.5) is 0 Å². The maximum absolute atomic E-state index is 5.55. The Labute approximate surface area is 166 Å². The van der Waals surface area contributed by atoms with Gasteiger partial charge in [-0.1, -0.05) is 0 Å². The third kappa shape index (κ3) is 5.12. The number of nitrogens with zero attached hydrogens (tertiary/aromatic N) is 4. The second kappa shape index (κ2) is 9.39. The molecule has 0 amide bonds. The molecule has 0 aliphatic carbocycles. The molecule has 27 heavy (non-hydrogen) atoms. The normalized spacial score (nSPS) is 17.1. The minimum atomic E-state index is 0.341. The molecular formula is C20H31N5OS. The van der Waals surface area contributed by atoms with Crippen LogP contribution in [-0.2, 0) is 18.3 Å². The molecule has 2 aromatic rings. The van der Waals surface area contributed by atoms with Gasteiger partial charge in [-0.2, -0.15) is 0 Å². The molecule has 1 atom stereocenters. The first-order valence-electron chi connectivity index (χ1n) is 9.48. The van der Waals surface area contributed by atoms with Gasteiger partial charge < -0.3 is 19.5 Å². The molecule has 3 heterocycles. The number of rotatable bonds is 6. The molecule has 2 aromatic heterocycles. The van der Waals surface area contributed by atoms with Gasteiger partial charge in [-0.15, -0.1) is 11.3 Å². The largest absolute Gasteiger partial charge is 0.379 e. The standard InChI is InChI=1S/C20H31N5OS/c1-16-7-8-19(27-16)18(25-10-12-26-13-11-25)14-22-20(21-2)24(4)15-17-6-5-9-23(17)3/h5-9,18H,10-15H2,1-4H3,(H,21,22). The van der Waals surface area contributed by atoms with Crippen LogP contribution in [0.1, 0.15) is 21.5 Å². The van der Waals surface area contributed by atoms with Gasteiger partial charge >= 0.3 is 0 Å². The van der Waals surface area contributed by atoms with Gasteiger partial charge in [0.1, 0.15) is 0 Å².